The maximum absolute atomic E-state index is 13.0. The lowest BCUT2D eigenvalue weighted by molar-refractivity contribution is 0.0946. The number of rotatable bonds is 2. The molecule has 18 heavy (non-hydrogen) atoms. The lowest BCUT2D eigenvalue weighted by Gasteiger charge is -2.08. The number of nitrogens with one attached hydrogen (secondary N) is 2. The third-order valence-electron chi connectivity index (χ3n) is 3.57. The molecule has 0 bridgehead atoms. The molecule has 2 atom stereocenters. The Morgan fingerprint density at radius 1 is 1.39 bits per heavy atom. The molecule has 0 spiro atoms. The third kappa shape index (κ3) is 2.39. The van der Waals surface area contributed by atoms with E-state index < -0.39 is 0 Å². The molecule has 3 nitrogen and oxygen atoms in total. The number of fused-ring (bicyclic) bond motifs is 1. The predicted molar refractivity (Wildman–Crippen MR) is 72.5 cm³/mol. The fraction of sp³-hybridized carbons (Fsp3) is 0.417. The van der Waals surface area contributed by atoms with Crippen LogP contribution in [0.1, 0.15) is 10.4 Å². The molecule has 1 saturated heterocycles. The minimum Gasteiger partial charge on any atom is -0.349 e. The molecule has 1 aliphatic heterocycles. The van der Waals surface area contributed by atoms with E-state index in [1.165, 1.54) is 18.2 Å². The van der Waals surface area contributed by atoms with E-state index in [2.05, 4.69) is 26.6 Å². The molecule has 0 aromatic heterocycles. The van der Waals surface area contributed by atoms with E-state index in [1.807, 2.05) is 0 Å². The molecule has 2 aliphatic rings. The number of piperidine rings is 1. The Balaban J connectivity index is 0.00000120. The van der Waals surface area contributed by atoms with Gasteiger partial charge in [0, 0.05) is 24.7 Å². The Bertz CT molecular complexity index is 475. The summed E-state index contributed by atoms with van der Waals surface area (Å²) in [6.45, 7) is 1.98. The largest absolute Gasteiger partial charge is 0.349 e. The molecule has 1 aromatic carbocycles. The molecule has 1 saturated carbocycles. The summed E-state index contributed by atoms with van der Waals surface area (Å²) in [5, 5.41) is 6.27. The molecule has 6 heteroatoms. The van der Waals surface area contributed by atoms with Gasteiger partial charge >= 0.3 is 0 Å². The summed E-state index contributed by atoms with van der Waals surface area (Å²) < 4.78 is 13.4. The van der Waals surface area contributed by atoms with Gasteiger partial charge < -0.3 is 10.6 Å². The van der Waals surface area contributed by atoms with E-state index in [1.54, 1.807) is 0 Å². The van der Waals surface area contributed by atoms with Crippen LogP contribution in [0.4, 0.5) is 4.39 Å². The standard InChI is InChI=1S/C12H12BrFN2O.ClH/c13-9-3-6(1-2-10(9)14)12(17)16-11-7-4-15-5-8(7)11;/h1-3,7-8,11,15H,4-5H2,(H,16,17);1H. The first-order valence-corrected chi connectivity index (χ1v) is 6.43. The number of amides is 1. The zero-order chi connectivity index (χ0) is 12.0. The van der Waals surface area contributed by atoms with Crippen LogP contribution < -0.4 is 10.6 Å². The van der Waals surface area contributed by atoms with Crippen LogP contribution in [0.15, 0.2) is 22.7 Å². The van der Waals surface area contributed by atoms with E-state index in [4.69, 9.17) is 0 Å². The van der Waals surface area contributed by atoms with E-state index in [-0.39, 0.29) is 24.1 Å². The molecule has 1 amide bonds. The summed E-state index contributed by atoms with van der Waals surface area (Å²) in [5.41, 5.74) is 0.496. The number of halogens is 3. The number of hydrogen-bond acceptors (Lipinski definition) is 2. The highest BCUT2D eigenvalue weighted by atomic mass is 79.9. The maximum Gasteiger partial charge on any atom is 0.251 e. The first-order valence-electron chi connectivity index (χ1n) is 5.63. The lowest BCUT2D eigenvalue weighted by atomic mass is 10.2. The fourth-order valence-electron chi connectivity index (χ4n) is 2.50. The highest BCUT2D eigenvalue weighted by Crippen LogP contribution is 2.41. The SMILES string of the molecule is Cl.O=C(NC1C2CNCC21)c1ccc(F)c(Br)c1. The van der Waals surface area contributed by atoms with Crippen LogP contribution in [0.3, 0.4) is 0 Å². The van der Waals surface area contributed by atoms with Crippen LogP contribution in [0.2, 0.25) is 0 Å². The van der Waals surface area contributed by atoms with Gasteiger partial charge in [-0.05, 0) is 46.0 Å². The molecule has 98 valence electrons. The molecule has 1 aliphatic carbocycles. The Hall–Kier alpha value is -0.650. The molecular formula is C12H13BrClFN2O. The van der Waals surface area contributed by atoms with Crippen molar-refractivity contribution in [2.75, 3.05) is 13.1 Å². The average molecular weight is 336 g/mol. The van der Waals surface area contributed by atoms with E-state index >= 15 is 0 Å². The molecular weight excluding hydrogens is 322 g/mol. The van der Waals surface area contributed by atoms with Crippen molar-refractivity contribution < 1.29 is 9.18 Å². The van der Waals surface area contributed by atoms with Gasteiger partial charge in [0.1, 0.15) is 5.82 Å². The molecule has 1 heterocycles. The zero-order valence-electron chi connectivity index (χ0n) is 9.45. The average Bonchev–Trinajstić information content (AvgIpc) is 2.76. The van der Waals surface area contributed by atoms with Crippen molar-refractivity contribution in [1.82, 2.24) is 10.6 Å². The van der Waals surface area contributed by atoms with Crippen molar-refractivity contribution >= 4 is 34.2 Å². The summed E-state index contributed by atoms with van der Waals surface area (Å²) in [7, 11) is 0. The van der Waals surface area contributed by atoms with Crippen LogP contribution >= 0.6 is 28.3 Å². The third-order valence-corrected chi connectivity index (χ3v) is 4.18. The van der Waals surface area contributed by atoms with Crippen LogP contribution in [-0.2, 0) is 0 Å². The van der Waals surface area contributed by atoms with Gasteiger partial charge in [-0.3, -0.25) is 4.79 Å². The monoisotopic (exact) mass is 334 g/mol. The normalized spacial score (nSPS) is 28.2. The summed E-state index contributed by atoms with van der Waals surface area (Å²) in [4.78, 5) is 11.9. The fourth-order valence-corrected chi connectivity index (χ4v) is 2.88. The van der Waals surface area contributed by atoms with Crippen molar-refractivity contribution in [2.45, 2.75) is 6.04 Å². The van der Waals surface area contributed by atoms with E-state index in [0.29, 0.717) is 27.9 Å². The summed E-state index contributed by atoms with van der Waals surface area (Å²) in [5.74, 6) is 0.699. The maximum atomic E-state index is 13.0. The van der Waals surface area contributed by atoms with Crippen LogP contribution in [0.25, 0.3) is 0 Å². The van der Waals surface area contributed by atoms with Gasteiger partial charge in [0.2, 0.25) is 0 Å². The van der Waals surface area contributed by atoms with Gasteiger partial charge in [0.05, 0.1) is 4.47 Å². The van der Waals surface area contributed by atoms with Crippen molar-refractivity contribution in [1.29, 1.82) is 0 Å². The first-order chi connectivity index (χ1) is 8.16. The van der Waals surface area contributed by atoms with Gasteiger partial charge in [0.15, 0.2) is 0 Å². The van der Waals surface area contributed by atoms with Crippen molar-refractivity contribution in [3.63, 3.8) is 0 Å². The summed E-state index contributed by atoms with van der Waals surface area (Å²) in [6.07, 6.45) is 0. The van der Waals surface area contributed by atoms with Gasteiger partial charge in [-0.25, -0.2) is 4.39 Å². The lowest BCUT2D eigenvalue weighted by Crippen LogP contribution is -2.32. The number of benzene rings is 1. The second kappa shape index (κ2) is 5.15. The van der Waals surface area contributed by atoms with E-state index in [0.717, 1.165) is 13.1 Å². The molecule has 2 fully saturated rings. The van der Waals surface area contributed by atoms with Crippen LogP contribution in [-0.4, -0.2) is 25.0 Å². The number of carbonyl (C=O) groups is 1. The molecule has 0 radical (unpaired) electrons. The Labute approximate surface area is 119 Å². The highest BCUT2D eigenvalue weighted by molar-refractivity contribution is 9.10. The molecule has 2 N–H and O–H groups in total. The second-order valence-electron chi connectivity index (χ2n) is 4.61. The minimum atomic E-state index is -0.353. The minimum absolute atomic E-state index is 0. The Morgan fingerprint density at radius 2 is 2.06 bits per heavy atom. The van der Waals surface area contributed by atoms with Crippen LogP contribution in [0.5, 0.6) is 0 Å². The van der Waals surface area contributed by atoms with E-state index in [9.17, 15) is 9.18 Å². The first kappa shape index (κ1) is 13.8. The van der Waals surface area contributed by atoms with Gasteiger partial charge in [-0.15, -0.1) is 12.4 Å². The van der Waals surface area contributed by atoms with Gasteiger partial charge in [0.25, 0.3) is 5.91 Å². The molecule has 3 rings (SSSR count). The Morgan fingerprint density at radius 3 is 2.67 bits per heavy atom. The second-order valence-corrected chi connectivity index (χ2v) is 5.47. The predicted octanol–water partition coefficient (Wildman–Crippen LogP) is 1.96. The molecule has 2 unspecified atom stereocenters. The van der Waals surface area contributed by atoms with Crippen molar-refractivity contribution in [2.24, 2.45) is 11.8 Å². The number of carbonyl (C=O) groups excluding carboxylic acids is 1. The topological polar surface area (TPSA) is 41.1 Å². The van der Waals surface area contributed by atoms with Crippen LogP contribution in [0, 0.1) is 17.7 Å². The smallest absolute Gasteiger partial charge is 0.251 e. The van der Waals surface area contributed by atoms with Gasteiger partial charge in [-0.2, -0.15) is 0 Å². The summed E-state index contributed by atoms with van der Waals surface area (Å²) >= 11 is 3.08. The van der Waals surface area contributed by atoms with Gasteiger partial charge in [-0.1, -0.05) is 0 Å². The highest BCUT2D eigenvalue weighted by Gasteiger charge is 2.53. The zero-order valence-corrected chi connectivity index (χ0v) is 11.9. The molecule has 1 aromatic rings. The summed E-state index contributed by atoms with van der Waals surface area (Å²) in [6, 6.07) is 4.62. The van der Waals surface area contributed by atoms with Crippen molar-refractivity contribution in [3.8, 4) is 0 Å². The quantitative estimate of drug-likeness (QED) is 0.867. The number of hydrogen-bond donors (Lipinski definition) is 2. The Kier molecular flexibility index (Phi) is 3.94. The van der Waals surface area contributed by atoms with Crippen molar-refractivity contribution in [3.05, 3.63) is 34.1 Å².